The third kappa shape index (κ3) is 2.89. The first-order chi connectivity index (χ1) is 7.25. The molecule has 1 aliphatic heterocycles. The van der Waals surface area contributed by atoms with Crippen LogP contribution in [0.4, 0.5) is 0 Å². The molecule has 0 spiro atoms. The summed E-state index contributed by atoms with van der Waals surface area (Å²) in [5.41, 5.74) is 0.824. The van der Waals surface area contributed by atoms with Crippen LogP contribution < -0.4 is 5.32 Å². The lowest BCUT2D eigenvalue weighted by Gasteiger charge is -2.06. The number of ketones is 1. The van der Waals surface area contributed by atoms with E-state index in [2.05, 4.69) is 21.2 Å². The summed E-state index contributed by atoms with van der Waals surface area (Å²) in [5, 5.41) is 3.28. The minimum absolute atomic E-state index is 0.260. The van der Waals surface area contributed by atoms with Crippen LogP contribution in [0, 0.1) is 5.92 Å². The summed E-state index contributed by atoms with van der Waals surface area (Å²) in [5.74, 6) is 0.789. The van der Waals surface area contributed by atoms with Gasteiger partial charge >= 0.3 is 0 Å². The summed E-state index contributed by atoms with van der Waals surface area (Å²) < 4.78 is 1.02. The van der Waals surface area contributed by atoms with Crippen molar-refractivity contribution < 1.29 is 4.79 Å². The number of hydrogen-bond donors (Lipinski definition) is 1. The molecule has 0 aromatic heterocycles. The molecule has 2 nitrogen and oxygen atoms in total. The van der Waals surface area contributed by atoms with E-state index in [1.807, 2.05) is 24.3 Å². The molecular weight excluding hydrogens is 254 g/mol. The summed E-state index contributed by atoms with van der Waals surface area (Å²) in [6.07, 6.45) is 1.80. The van der Waals surface area contributed by atoms with E-state index in [0.717, 1.165) is 29.5 Å². The SMILES string of the molecule is O=C(CC1CCNC1)c1ccc(Br)cc1. The molecular formula is C12H14BrNO. The summed E-state index contributed by atoms with van der Waals surface area (Å²) in [6, 6.07) is 7.60. The van der Waals surface area contributed by atoms with Crippen LogP contribution in [0.3, 0.4) is 0 Å². The monoisotopic (exact) mass is 267 g/mol. The Morgan fingerprint density at radius 2 is 2.13 bits per heavy atom. The molecule has 1 heterocycles. The van der Waals surface area contributed by atoms with Crippen LogP contribution in [0.15, 0.2) is 28.7 Å². The van der Waals surface area contributed by atoms with Crippen LogP contribution in [0.2, 0.25) is 0 Å². The topological polar surface area (TPSA) is 29.1 Å². The number of Topliss-reactive ketones (excluding diaryl/α,β-unsaturated/α-hetero) is 1. The molecule has 1 atom stereocenters. The quantitative estimate of drug-likeness (QED) is 0.854. The minimum atomic E-state index is 0.260. The fourth-order valence-electron chi connectivity index (χ4n) is 1.90. The number of benzene rings is 1. The van der Waals surface area contributed by atoms with Crippen LogP contribution in [0.5, 0.6) is 0 Å². The van der Waals surface area contributed by atoms with Gasteiger partial charge in [0.2, 0.25) is 0 Å². The lowest BCUT2D eigenvalue weighted by atomic mass is 9.98. The molecule has 1 aromatic carbocycles. The zero-order valence-corrected chi connectivity index (χ0v) is 10.1. The smallest absolute Gasteiger partial charge is 0.163 e. The van der Waals surface area contributed by atoms with Crippen LogP contribution in [-0.4, -0.2) is 18.9 Å². The van der Waals surface area contributed by atoms with E-state index in [1.165, 1.54) is 0 Å². The van der Waals surface area contributed by atoms with Gasteiger partial charge in [0, 0.05) is 16.5 Å². The van der Waals surface area contributed by atoms with Gasteiger partial charge in [-0.3, -0.25) is 4.79 Å². The van der Waals surface area contributed by atoms with Crippen molar-refractivity contribution in [2.75, 3.05) is 13.1 Å². The van der Waals surface area contributed by atoms with Crippen molar-refractivity contribution in [1.29, 1.82) is 0 Å². The van der Waals surface area contributed by atoms with E-state index in [4.69, 9.17) is 0 Å². The minimum Gasteiger partial charge on any atom is -0.316 e. The highest BCUT2D eigenvalue weighted by molar-refractivity contribution is 9.10. The molecule has 0 aliphatic carbocycles. The van der Waals surface area contributed by atoms with Gasteiger partial charge in [-0.2, -0.15) is 0 Å². The van der Waals surface area contributed by atoms with Crippen molar-refractivity contribution in [1.82, 2.24) is 5.32 Å². The van der Waals surface area contributed by atoms with Gasteiger partial charge in [0.25, 0.3) is 0 Å². The number of rotatable bonds is 3. The van der Waals surface area contributed by atoms with Crippen molar-refractivity contribution in [3.05, 3.63) is 34.3 Å². The molecule has 0 bridgehead atoms. The second-order valence-corrected chi connectivity index (χ2v) is 4.91. The number of hydrogen-bond acceptors (Lipinski definition) is 2. The van der Waals surface area contributed by atoms with Gasteiger partial charge in [-0.25, -0.2) is 0 Å². The molecule has 1 aromatic rings. The van der Waals surface area contributed by atoms with Gasteiger partial charge in [-0.15, -0.1) is 0 Å². The Balaban J connectivity index is 1.98. The van der Waals surface area contributed by atoms with Gasteiger partial charge in [0.05, 0.1) is 0 Å². The number of carbonyl (C=O) groups excluding carboxylic acids is 1. The molecule has 1 unspecified atom stereocenters. The van der Waals surface area contributed by atoms with E-state index in [1.54, 1.807) is 0 Å². The van der Waals surface area contributed by atoms with Crippen molar-refractivity contribution >= 4 is 21.7 Å². The van der Waals surface area contributed by atoms with E-state index in [9.17, 15) is 4.79 Å². The lowest BCUT2D eigenvalue weighted by Crippen LogP contribution is -2.12. The highest BCUT2D eigenvalue weighted by atomic mass is 79.9. The number of carbonyl (C=O) groups is 1. The Hall–Kier alpha value is -0.670. The largest absolute Gasteiger partial charge is 0.316 e. The van der Waals surface area contributed by atoms with Crippen LogP contribution in [-0.2, 0) is 0 Å². The first kappa shape index (κ1) is 10.8. The van der Waals surface area contributed by atoms with E-state index in [0.29, 0.717) is 12.3 Å². The first-order valence-corrected chi connectivity index (χ1v) is 6.04. The Bertz CT molecular complexity index is 341. The Labute approximate surface area is 98.2 Å². The number of halogens is 1. The van der Waals surface area contributed by atoms with Gasteiger partial charge in [-0.1, -0.05) is 28.1 Å². The normalized spacial score (nSPS) is 20.5. The van der Waals surface area contributed by atoms with E-state index in [-0.39, 0.29) is 5.78 Å². The number of nitrogens with one attached hydrogen (secondary N) is 1. The zero-order chi connectivity index (χ0) is 10.7. The standard InChI is InChI=1S/C12H14BrNO/c13-11-3-1-10(2-4-11)12(15)7-9-5-6-14-8-9/h1-4,9,14H,5-8H2. The highest BCUT2D eigenvalue weighted by Gasteiger charge is 2.18. The van der Waals surface area contributed by atoms with Crippen molar-refractivity contribution in [3.63, 3.8) is 0 Å². The van der Waals surface area contributed by atoms with Gasteiger partial charge < -0.3 is 5.32 Å². The Kier molecular flexibility index (Phi) is 3.54. The summed E-state index contributed by atoms with van der Waals surface area (Å²) in [4.78, 5) is 11.9. The fraction of sp³-hybridized carbons (Fsp3) is 0.417. The molecule has 0 amide bonds. The average molecular weight is 268 g/mol. The molecule has 0 saturated carbocycles. The molecule has 3 heteroatoms. The molecule has 15 heavy (non-hydrogen) atoms. The second kappa shape index (κ2) is 4.90. The van der Waals surface area contributed by atoms with Crippen LogP contribution >= 0.6 is 15.9 Å². The third-order valence-electron chi connectivity index (χ3n) is 2.80. The molecule has 1 fully saturated rings. The van der Waals surface area contributed by atoms with Gasteiger partial charge in [0.15, 0.2) is 5.78 Å². The lowest BCUT2D eigenvalue weighted by molar-refractivity contribution is 0.0964. The molecule has 1 N–H and O–H groups in total. The zero-order valence-electron chi connectivity index (χ0n) is 8.50. The molecule has 0 radical (unpaired) electrons. The highest BCUT2D eigenvalue weighted by Crippen LogP contribution is 2.17. The molecule has 80 valence electrons. The van der Waals surface area contributed by atoms with E-state index < -0.39 is 0 Å². The van der Waals surface area contributed by atoms with Gasteiger partial charge in [-0.05, 0) is 37.6 Å². The van der Waals surface area contributed by atoms with Crippen molar-refractivity contribution in [2.24, 2.45) is 5.92 Å². The Morgan fingerprint density at radius 1 is 1.40 bits per heavy atom. The van der Waals surface area contributed by atoms with E-state index >= 15 is 0 Å². The van der Waals surface area contributed by atoms with Crippen molar-refractivity contribution in [2.45, 2.75) is 12.8 Å². The second-order valence-electron chi connectivity index (χ2n) is 3.99. The summed E-state index contributed by atoms with van der Waals surface area (Å²) >= 11 is 3.36. The van der Waals surface area contributed by atoms with Gasteiger partial charge in [0.1, 0.15) is 0 Å². The van der Waals surface area contributed by atoms with Crippen LogP contribution in [0.25, 0.3) is 0 Å². The maximum absolute atomic E-state index is 11.9. The maximum Gasteiger partial charge on any atom is 0.163 e. The maximum atomic E-state index is 11.9. The Morgan fingerprint density at radius 3 is 2.73 bits per heavy atom. The predicted molar refractivity (Wildman–Crippen MR) is 64.1 cm³/mol. The molecule has 1 saturated heterocycles. The van der Waals surface area contributed by atoms with Crippen molar-refractivity contribution in [3.8, 4) is 0 Å². The first-order valence-electron chi connectivity index (χ1n) is 5.25. The predicted octanol–water partition coefficient (Wildman–Crippen LogP) is 2.63. The summed E-state index contributed by atoms with van der Waals surface area (Å²) in [7, 11) is 0. The third-order valence-corrected chi connectivity index (χ3v) is 3.33. The fourth-order valence-corrected chi connectivity index (χ4v) is 2.17. The molecule has 1 aliphatic rings. The average Bonchev–Trinajstić information content (AvgIpc) is 2.71. The van der Waals surface area contributed by atoms with Crippen LogP contribution in [0.1, 0.15) is 23.2 Å². The molecule has 2 rings (SSSR count). The summed E-state index contributed by atoms with van der Waals surface area (Å²) in [6.45, 7) is 2.04.